The molecule has 102 valence electrons. The molecule has 1 heterocycles. The van der Waals surface area contributed by atoms with E-state index in [2.05, 4.69) is 15.0 Å². The van der Waals surface area contributed by atoms with Crippen LogP contribution in [0.4, 0.5) is 5.13 Å². The standard InChI is InChI=1S/C9H10N4O5S/c1-18-13-6(5-3-19-9(10)12-5)7(15)11-4(2-14)8(16)17/h2-3,14H,1H3,(H2,10,12)(H,11,15)(H,16,17)/b4-2+,13-6-. The second-order valence-corrected chi connectivity index (χ2v) is 3.89. The number of carboxylic acid groups (broad SMARTS) is 1. The van der Waals surface area contributed by atoms with Gasteiger partial charge in [0.25, 0.3) is 5.91 Å². The minimum atomic E-state index is -1.51. The van der Waals surface area contributed by atoms with E-state index in [0.29, 0.717) is 0 Å². The topological polar surface area (TPSA) is 147 Å². The van der Waals surface area contributed by atoms with Gasteiger partial charge in [0.2, 0.25) is 0 Å². The van der Waals surface area contributed by atoms with E-state index in [1.165, 1.54) is 12.5 Å². The van der Waals surface area contributed by atoms with E-state index in [0.717, 1.165) is 11.3 Å². The van der Waals surface area contributed by atoms with Crippen LogP contribution >= 0.6 is 11.3 Å². The van der Waals surface area contributed by atoms with E-state index in [1.54, 1.807) is 0 Å². The van der Waals surface area contributed by atoms with Gasteiger partial charge in [0.1, 0.15) is 19.1 Å². The molecule has 19 heavy (non-hydrogen) atoms. The van der Waals surface area contributed by atoms with Crippen molar-refractivity contribution in [2.24, 2.45) is 5.16 Å². The van der Waals surface area contributed by atoms with Crippen LogP contribution in [0.3, 0.4) is 0 Å². The Morgan fingerprint density at radius 3 is 2.74 bits per heavy atom. The molecule has 10 heteroatoms. The molecule has 0 spiro atoms. The molecule has 0 aliphatic carbocycles. The zero-order valence-corrected chi connectivity index (χ0v) is 10.5. The van der Waals surface area contributed by atoms with Crippen molar-refractivity contribution in [1.82, 2.24) is 10.3 Å². The molecule has 0 aliphatic heterocycles. The number of rotatable bonds is 5. The minimum Gasteiger partial charge on any atom is -0.513 e. The van der Waals surface area contributed by atoms with Gasteiger partial charge < -0.3 is 26.1 Å². The fourth-order valence-electron chi connectivity index (χ4n) is 1.01. The van der Waals surface area contributed by atoms with Crippen LogP contribution in [0.15, 0.2) is 22.5 Å². The van der Waals surface area contributed by atoms with Gasteiger partial charge in [-0.05, 0) is 0 Å². The van der Waals surface area contributed by atoms with Gasteiger partial charge in [-0.25, -0.2) is 9.78 Å². The molecule has 1 rings (SSSR count). The van der Waals surface area contributed by atoms with E-state index in [9.17, 15) is 9.59 Å². The highest BCUT2D eigenvalue weighted by Crippen LogP contribution is 2.12. The number of anilines is 1. The summed E-state index contributed by atoms with van der Waals surface area (Å²) in [5.74, 6) is -2.42. The molecule has 0 saturated heterocycles. The number of aliphatic carboxylic acids is 1. The Hall–Kier alpha value is -2.62. The van der Waals surface area contributed by atoms with Crippen LogP contribution in [0, 0.1) is 0 Å². The summed E-state index contributed by atoms with van der Waals surface area (Å²) in [6, 6.07) is 0. The molecule has 1 aromatic heterocycles. The number of thiazole rings is 1. The number of carbonyl (C=O) groups excluding carboxylic acids is 1. The highest BCUT2D eigenvalue weighted by Gasteiger charge is 2.21. The molecule has 1 aromatic rings. The van der Waals surface area contributed by atoms with Crippen LogP contribution in [-0.4, -0.2) is 39.9 Å². The lowest BCUT2D eigenvalue weighted by molar-refractivity contribution is -0.134. The van der Waals surface area contributed by atoms with Crippen molar-refractivity contribution in [2.75, 3.05) is 12.8 Å². The van der Waals surface area contributed by atoms with Crippen molar-refractivity contribution in [3.05, 3.63) is 23.0 Å². The molecule has 0 aromatic carbocycles. The maximum absolute atomic E-state index is 11.8. The maximum Gasteiger partial charge on any atom is 0.355 e. The van der Waals surface area contributed by atoms with Gasteiger partial charge in [0.15, 0.2) is 16.5 Å². The van der Waals surface area contributed by atoms with Crippen LogP contribution in [0.1, 0.15) is 5.69 Å². The summed E-state index contributed by atoms with van der Waals surface area (Å²) in [6.07, 6.45) is 0.250. The Kier molecular flexibility index (Phi) is 4.83. The Morgan fingerprint density at radius 2 is 2.32 bits per heavy atom. The third kappa shape index (κ3) is 3.67. The van der Waals surface area contributed by atoms with Gasteiger partial charge in [-0.3, -0.25) is 4.79 Å². The Labute approximate surface area is 111 Å². The van der Waals surface area contributed by atoms with Gasteiger partial charge in [-0.2, -0.15) is 0 Å². The number of carboxylic acids is 1. The normalized spacial score (nSPS) is 12.1. The molecule has 1 amide bonds. The largest absolute Gasteiger partial charge is 0.513 e. The smallest absolute Gasteiger partial charge is 0.355 e. The van der Waals surface area contributed by atoms with Crippen LogP contribution in [0.2, 0.25) is 0 Å². The predicted octanol–water partition coefficient (Wildman–Crippen LogP) is -0.324. The summed E-state index contributed by atoms with van der Waals surface area (Å²) >= 11 is 1.08. The van der Waals surface area contributed by atoms with Gasteiger partial charge in [-0.1, -0.05) is 5.16 Å². The number of nitrogens with two attached hydrogens (primary N) is 1. The lowest BCUT2D eigenvalue weighted by Crippen LogP contribution is -2.34. The first kappa shape index (κ1) is 14.4. The third-order valence-electron chi connectivity index (χ3n) is 1.77. The Balaban J connectivity index is 2.99. The number of aliphatic hydroxyl groups excluding tert-OH is 1. The zero-order valence-electron chi connectivity index (χ0n) is 9.65. The Bertz CT molecular complexity index is 551. The van der Waals surface area contributed by atoms with Crippen molar-refractivity contribution >= 4 is 34.1 Å². The highest BCUT2D eigenvalue weighted by atomic mass is 32.1. The fraction of sp³-hybridized carbons (Fsp3) is 0.111. The molecule has 0 atom stereocenters. The monoisotopic (exact) mass is 286 g/mol. The number of hydrogen-bond acceptors (Lipinski definition) is 8. The molecule has 0 radical (unpaired) electrons. The summed E-state index contributed by atoms with van der Waals surface area (Å²) in [6.45, 7) is 0. The van der Waals surface area contributed by atoms with Gasteiger partial charge in [0.05, 0.1) is 0 Å². The molecule has 0 unspecified atom stereocenters. The van der Waals surface area contributed by atoms with Gasteiger partial charge in [0, 0.05) is 5.38 Å². The summed E-state index contributed by atoms with van der Waals surface area (Å²) in [7, 11) is 1.21. The first-order valence-electron chi connectivity index (χ1n) is 4.71. The third-order valence-corrected chi connectivity index (χ3v) is 2.44. The average molecular weight is 286 g/mol. The van der Waals surface area contributed by atoms with E-state index in [-0.39, 0.29) is 22.8 Å². The van der Waals surface area contributed by atoms with Crippen LogP contribution in [0.25, 0.3) is 0 Å². The first-order valence-corrected chi connectivity index (χ1v) is 5.59. The lowest BCUT2D eigenvalue weighted by Gasteiger charge is -2.05. The second-order valence-electron chi connectivity index (χ2n) is 3.00. The molecule has 0 saturated carbocycles. The van der Waals surface area contributed by atoms with Crippen LogP contribution < -0.4 is 11.1 Å². The quantitative estimate of drug-likeness (QED) is 0.251. The number of nitrogen functional groups attached to an aromatic ring is 1. The average Bonchev–Trinajstić information content (AvgIpc) is 2.78. The Morgan fingerprint density at radius 1 is 1.63 bits per heavy atom. The molecule has 0 fully saturated rings. The van der Waals surface area contributed by atoms with Crippen molar-refractivity contribution in [2.45, 2.75) is 0 Å². The van der Waals surface area contributed by atoms with E-state index >= 15 is 0 Å². The minimum absolute atomic E-state index is 0.129. The number of carbonyl (C=O) groups is 2. The van der Waals surface area contributed by atoms with Gasteiger partial charge >= 0.3 is 5.97 Å². The lowest BCUT2D eigenvalue weighted by atomic mass is 10.2. The molecular formula is C9H10N4O5S. The summed E-state index contributed by atoms with van der Waals surface area (Å²) in [5.41, 5.74) is 4.57. The molecule has 0 aliphatic rings. The summed E-state index contributed by atoms with van der Waals surface area (Å²) in [5, 5.41) is 24.4. The number of amides is 1. The second kappa shape index (κ2) is 6.35. The van der Waals surface area contributed by atoms with Crippen LogP contribution in [0.5, 0.6) is 0 Å². The summed E-state index contributed by atoms with van der Waals surface area (Å²) < 4.78 is 0. The fourth-order valence-corrected chi connectivity index (χ4v) is 1.56. The van der Waals surface area contributed by atoms with E-state index in [1.807, 2.05) is 5.32 Å². The number of aromatic nitrogens is 1. The van der Waals surface area contributed by atoms with Crippen LogP contribution in [-0.2, 0) is 14.4 Å². The van der Waals surface area contributed by atoms with Crippen molar-refractivity contribution in [3.8, 4) is 0 Å². The number of nitrogens with zero attached hydrogens (tertiary/aromatic N) is 2. The number of nitrogens with one attached hydrogen (secondary N) is 1. The number of hydrogen-bond donors (Lipinski definition) is 4. The molecule has 5 N–H and O–H groups in total. The number of aliphatic hydroxyl groups is 1. The molecule has 0 bridgehead atoms. The maximum atomic E-state index is 11.8. The highest BCUT2D eigenvalue weighted by molar-refractivity contribution is 7.13. The SMILES string of the molecule is CO/N=C(\C(=O)N/C(=C/O)C(=O)O)c1csc(N)n1. The number of oxime groups is 1. The molecular weight excluding hydrogens is 276 g/mol. The van der Waals surface area contributed by atoms with Crippen molar-refractivity contribution in [3.63, 3.8) is 0 Å². The molecule has 9 nitrogen and oxygen atoms in total. The van der Waals surface area contributed by atoms with Gasteiger partial charge in [-0.15, -0.1) is 11.3 Å². The summed E-state index contributed by atoms with van der Waals surface area (Å²) in [4.78, 5) is 30.8. The van der Waals surface area contributed by atoms with E-state index < -0.39 is 17.6 Å². The van der Waals surface area contributed by atoms with Crippen molar-refractivity contribution in [1.29, 1.82) is 0 Å². The van der Waals surface area contributed by atoms with E-state index in [4.69, 9.17) is 15.9 Å². The first-order chi connectivity index (χ1) is 8.99. The predicted molar refractivity (Wildman–Crippen MR) is 66.6 cm³/mol. The van der Waals surface area contributed by atoms with Crippen molar-refractivity contribution < 1.29 is 24.6 Å². The zero-order chi connectivity index (χ0) is 14.4.